The van der Waals surface area contributed by atoms with Crippen molar-refractivity contribution in [1.82, 2.24) is 0 Å². The summed E-state index contributed by atoms with van der Waals surface area (Å²) in [4.78, 5) is 10.1. The molecule has 1 aliphatic rings. The molecule has 0 bridgehead atoms. The zero-order chi connectivity index (χ0) is 6.69. The van der Waals surface area contributed by atoms with Gasteiger partial charge < -0.3 is 0 Å². The van der Waals surface area contributed by atoms with Crippen molar-refractivity contribution in [3.63, 3.8) is 0 Å². The Morgan fingerprint density at radius 2 is 2.33 bits per heavy atom. The van der Waals surface area contributed by atoms with Crippen LogP contribution in [0.25, 0.3) is 0 Å². The Labute approximate surface area is 59.2 Å². The topological polar surface area (TPSA) is 17.1 Å². The molecule has 1 atom stereocenters. The molecule has 46 valence electrons. The highest BCUT2D eigenvalue weighted by atomic mass is 32.1. The SMILES string of the molecule is O=C=C1C=CC=CC1S. The third-order valence-corrected chi connectivity index (χ3v) is 1.57. The maximum Gasteiger partial charge on any atom is 0.129 e. The first-order valence-electron chi connectivity index (χ1n) is 2.62. The van der Waals surface area contributed by atoms with Gasteiger partial charge in [0.05, 0.1) is 10.8 Å². The van der Waals surface area contributed by atoms with Crippen molar-refractivity contribution in [3.05, 3.63) is 29.9 Å². The van der Waals surface area contributed by atoms with Gasteiger partial charge in [0.1, 0.15) is 5.94 Å². The second-order valence-electron chi connectivity index (χ2n) is 1.75. The molecule has 2 heteroatoms. The lowest BCUT2D eigenvalue weighted by molar-refractivity contribution is 0.567. The van der Waals surface area contributed by atoms with E-state index in [9.17, 15) is 4.79 Å². The maximum absolute atomic E-state index is 10.1. The van der Waals surface area contributed by atoms with Gasteiger partial charge in [0, 0.05) is 0 Å². The predicted molar refractivity (Wildman–Crippen MR) is 40.3 cm³/mol. The first-order valence-corrected chi connectivity index (χ1v) is 3.14. The molecule has 0 radical (unpaired) electrons. The molecule has 0 fully saturated rings. The van der Waals surface area contributed by atoms with E-state index in [1.54, 1.807) is 18.1 Å². The van der Waals surface area contributed by atoms with Crippen LogP contribution >= 0.6 is 12.6 Å². The highest BCUT2D eigenvalue weighted by molar-refractivity contribution is 7.81. The van der Waals surface area contributed by atoms with Crippen LogP contribution < -0.4 is 0 Å². The van der Waals surface area contributed by atoms with E-state index in [1.165, 1.54) is 0 Å². The quantitative estimate of drug-likeness (QED) is 0.393. The van der Waals surface area contributed by atoms with E-state index in [4.69, 9.17) is 0 Å². The van der Waals surface area contributed by atoms with Gasteiger partial charge in [-0.15, -0.1) is 0 Å². The highest BCUT2D eigenvalue weighted by Gasteiger charge is 2.04. The Bertz CT molecular complexity index is 209. The minimum Gasteiger partial charge on any atom is -0.233 e. The van der Waals surface area contributed by atoms with Crippen molar-refractivity contribution in [2.45, 2.75) is 5.25 Å². The zero-order valence-corrected chi connectivity index (χ0v) is 5.64. The van der Waals surface area contributed by atoms with Crippen LogP contribution in [0, 0.1) is 0 Å². The van der Waals surface area contributed by atoms with Crippen LogP contribution in [0.2, 0.25) is 0 Å². The Balaban J connectivity index is 2.90. The first-order chi connectivity index (χ1) is 4.34. The van der Waals surface area contributed by atoms with E-state index in [0.717, 1.165) is 0 Å². The molecule has 9 heavy (non-hydrogen) atoms. The lowest BCUT2D eigenvalue weighted by Gasteiger charge is -2.04. The van der Waals surface area contributed by atoms with Gasteiger partial charge in [0.15, 0.2) is 0 Å². The molecule has 0 heterocycles. The van der Waals surface area contributed by atoms with Gasteiger partial charge >= 0.3 is 0 Å². The molecule has 1 aliphatic carbocycles. The molecule has 0 aliphatic heterocycles. The largest absolute Gasteiger partial charge is 0.233 e. The number of carbonyl (C=O) groups excluding carboxylic acids is 1. The monoisotopic (exact) mass is 138 g/mol. The second kappa shape index (κ2) is 2.72. The fraction of sp³-hybridized carbons (Fsp3) is 0.143. The van der Waals surface area contributed by atoms with Crippen molar-refractivity contribution in [3.8, 4) is 0 Å². The fourth-order valence-electron chi connectivity index (χ4n) is 0.625. The molecule has 0 N–H and O–H groups in total. The van der Waals surface area contributed by atoms with Gasteiger partial charge in [0.2, 0.25) is 0 Å². The zero-order valence-electron chi connectivity index (χ0n) is 4.74. The average Bonchev–Trinajstić information content (AvgIpc) is 1.89. The molecule has 0 amide bonds. The van der Waals surface area contributed by atoms with Gasteiger partial charge in [-0.05, 0) is 6.08 Å². The summed E-state index contributed by atoms with van der Waals surface area (Å²) in [5.41, 5.74) is 0.598. The summed E-state index contributed by atoms with van der Waals surface area (Å²) in [5.74, 6) is 1.81. The van der Waals surface area contributed by atoms with Gasteiger partial charge in [0.25, 0.3) is 0 Å². The average molecular weight is 138 g/mol. The number of hydrogen-bond donors (Lipinski definition) is 1. The van der Waals surface area contributed by atoms with Crippen molar-refractivity contribution >= 4 is 18.6 Å². The minimum atomic E-state index is -0.0625. The Morgan fingerprint density at radius 1 is 1.56 bits per heavy atom. The molecule has 0 saturated heterocycles. The summed E-state index contributed by atoms with van der Waals surface area (Å²) in [7, 11) is 0. The molecule has 0 aromatic rings. The second-order valence-corrected chi connectivity index (χ2v) is 2.30. The number of hydrogen-bond acceptors (Lipinski definition) is 2. The van der Waals surface area contributed by atoms with Crippen molar-refractivity contribution in [1.29, 1.82) is 0 Å². The molecule has 0 saturated carbocycles. The van der Waals surface area contributed by atoms with Gasteiger partial charge in [-0.2, -0.15) is 12.6 Å². The summed E-state index contributed by atoms with van der Waals surface area (Å²) >= 11 is 4.10. The number of rotatable bonds is 0. The van der Waals surface area contributed by atoms with Crippen LogP contribution in [0.1, 0.15) is 0 Å². The third kappa shape index (κ3) is 1.35. The lowest BCUT2D eigenvalue weighted by atomic mass is 10.1. The summed E-state index contributed by atoms with van der Waals surface area (Å²) in [6.45, 7) is 0. The maximum atomic E-state index is 10.1. The van der Waals surface area contributed by atoms with Crippen molar-refractivity contribution in [2.24, 2.45) is 0 Å². The Hall–Kier alpha value is -0.720. The summed E-state index contributed by atoms with van der Waals surface area (Å²) < 4.78 is 0. The van der Waals surface area contributed by atoms with Crippen LogP contribution in [0.3, 0.4) is 0 Å². The smallest absolute Gasteiger partial charge is 0.129 e. The van der Waals surface area contributed by atoms with E-state index < -0.39 is 0 Å². The highest BCUT2D eigenvalue weighted by Crippen LogP contribution is 2.13. The Morgan fingerprint density at radius 3 is 2.78 bits per heavy atom. The minimum absolute atomic E-state index is 0.0625. The fourth-order valence-corrected chi connectivity index (χ4v) is 0.863. The summed E-state index contributed by atoms with van der Waals surface area (Å²) in [5, 5.41) is -0.0625. The molecule has 1 rings (SSSR count). The molecular weight excluding hydrogens is 132 g/mol. The van der Waals surface area contributed by atoms with Gasteiger partial charge in [-0.1, -0.05) is 18.2 Å². The first kappa shape index (κ1) is 6.40. The molecule has 0 spiro atoms. The normalized spacial score (nSPS) is 24.1. The van der Waals surface area contributed by atoms with Gasteiger partial charge in [-0.25, -0.2) is 4.79 Å². The predicted octanol–water partition coefficient (Wildman–Crippen LogP) is 1.17. The third-order valence-electron chi connectivity index (χ3n) is 1.12. The number of allylic oxidation sites excluding steroid dienone is 3. The molecular formula is C7H6OS. The van der Waals surface area contributed by atoms with Crippen molar-refractivity contribution < 1.29 is 4.79 Å². The summed E-state index contributed by atoms with van der Waals surface area (Å²) in [6.07, 6.45) is 7.21. The molecule has 0 aromatic carbocycles. The standard InChI is InChI=1S/C7H6OS/c8-5-6-3-1-2-4-7(6)9/h1-4,7,9H. The van der Waals surface area contributed by atoms with Crippen molar-refractivity contribution in [2.75, 3.05) is 0 Å². The molecule has 1 unspecified atom stereocenters. The van der Waals surface area contributed by atoms with Crippen LogP contribution in [0.15, 0.2) is 29.9 Å². The van der Waals surface area contributed by atoms with Crippen LogP contribution in [-0.4, -0.2) is 11.2 Å². The molecule has 0 aromatic heterocycles. The number of thiol groups is 1. The van der Waals surface area contributed by atoms with Crippen LogP contribution in [0.5, 0.6) is 0 Å². The Kier molecular flexibility index (Phi) is 1.93. The van der Waals surface area contributed by atoms with E-state index in [2.05, 4.69) is 12.6 Å². The van der Waals surface area contributed by atoms with Gasteiger partial charge in [-0.3, -0.25) is 0 Å². The summed E-state index contributed by atoms with van der Waals surface area (Å²) in [6, 6.07) is 0. The van der Waals surface area contributed by atoms with E-state index in [1.807, 2.05) is 12.2 Å². The van der Waals surface area contributed by atoms with Crippen LogP contribution in [0.4, 0.5) is 0 Å². The van der Waals surface area contributed by atoms with Crippen LogP contribution in [-0.2, 0) is 4.79 Å². The van der Waals surface area contributed by atoms with E-state index in [0.29, 0.717) is 5.57 Å². The lowest BCUT2D eigenvalue weighted by Crippen LogP contribution is -1.99. The van der Waals surface area contributed by atoms with E-state index in [-0.39, 0.29) is 5.25 Å². The van der Waals surface area contributed by atoms with E-state index >= 15 is 0 Å². The molecule has 1 nitrogen and oxygen atoms in total.